The van der Waals surface area contributed by atoms with Gasteiger partial charge in [0.25, 0.3) is 0 Å². The van der Waals surface area contributed by atoms with Gasteiger partial charge in [-0.2, -0.15) is 4.59 Å². The van der Waals surface area contributed by atoms with Crippen LogP contribution in [-0.4, -0.2) is 25.7 Å². The lowest BCUT2D eigenvalue weighted by Crippen LogP contribution is -2.26. The van der Waals surface area contributed by atoms with Crippen LogP contribution in [0.5, 0.6) is 0 Å². The average molecular weight is 163 g/mol. The molecule has 0 heterocycles. The highest BCUT2D eigenvalue weighted by Gasteiger charge is 2.02. The molecule has 0 saturated heterocycles. The Bertz CT molecular complexity index is 259. The van der Waals surface area contributed by atoms with E-state index in [4.69, 9.17) is 0 Å². The van der Waals surface area contributed by atoms with Crippen molar-refractivity contribution in [3.05, 3.63) is 30.3 Å². The minimum Gasteiger partial charge on any atom is -0.186 e. The van der Waals surface area contributed by atoms with Gasteiger partial charge >= 0.3 is 0 Å². The van der Waals surface area contributed by atoms with E-state index in [-0.39, 0.29) is 0 Å². The van der Waals surface area contributed by atoms with Gasteiger partial charge in [-0.25, -0.2) is 0 Å². The molecule has 12 heavy (non-hydrogen) atoms. The van der Waals surface area contributed by atoms with Crippen molar-refractivity contribution in [3.63, 3.8) is 0 Å². The summed E-state index contributed by atoms with van der Waals surface area (Å²) in [5.74, 6) is 0. The first-order chi connectivity index (χ1) is 5.58. The number of hydrogen-bond donors (Lipinski definition) is 0. The van der Waals surface area contributed by atoms with Gasteiger partial charge in [-0.05, 0) is 18.2 Å². The number of nitrogens with zero attached hydrogens (tertiary/aromatic N) is 3. The zero-order chi connectivity index (χ0) is 9.03. The van der Waals surface area contributed by atoms with Crippen molar-refractivity contribution >= 4 is 5.69 Å². The molecule has 1 rings (SSSR count). The molecule has 3 heteroatoms. The summed E-state index contributed by atoms with van der Waals surface area (Å²) in [7, 11) is 5.87. The summed E-state index contributed by atoms with van der Waals surface area (Å²) in [5.41, 5.74) is 0.863. The third kappa shape index (κ3) is 3.25. The summed E-state index contributed by atoms with van der Waals surface area (Å²) >= 11 is 0. The lowest BCUT2D eigenvalue weighted by molar-refractivity contribution is -0.882. The van der Waals surface area contributed by atoms with Gasteiger partial charge in [0.2, 0.25) is 0 Å². The van der Waals surface area contributed by atoms with Crippen molar-refractivity contribution in [3.8, 4) is 0 Å². The fourth-order valence-electron chi connectivity index (χ4n) is 0.631. The van der Waals surface area contributed by atoms with Crippen LogP contribution in [0.15, 0.2) is 34.6 Å². The first-order valence-electron chi connectivity index (χ1n) is 3.79. The topological polar surface area (TPSA) is 24.7 Å². The van der Waals surface area contributed by atoms with E-state index in [0.717, 1.165) is 5.69 Å². The molecule has 1 aromatic carbocycles. The molecule has 0 N–H and O–H groups in total. The molecule has 0 bridgehead atoms. The summed E-state index contributed by atoms with van der Waals surface area (Å²) in [6.45, 7) is 0. The number of benzene rings is 1. The summed E-state index contributed by atoms with van der Waals surface area (Å²) < 4.78 is 0.485. The standard InChI is InChI=1S/C9H13N3/c1-12(2,3)11-10-9-7-5-4-6-8-9/h5-8H,1-3H3/q+1. The number of quaternary nitrogens is 1. The smallest absolute Gasteiger partial charge is 0.0939 e. The Labute approximate surface area is 72.9 Å². The fraction of sp³-hybridized carbons (Fsp3) is 0.333. The molecule has 0 unspecified atom stereocenters. The minimum atomic E-state index is 0.485. The molecule has 0 saturated carbocycles. The Kier molecular flexibility index (Phi) is 2.55. The van der Waals surface area contributed by atoms with E-state index in [2.05, 4.69) is 16.4 Å². The molecule has 0 atom stereocenters. The highest BCUT2D eigenvalue weighted by atomic mass is 15.6. The highest BCUT2D eigenvalue weighted by molar-refractivity contribution is 5.34. The van der Waals surface area contributed by atoms with E-state index in [9.17, 15) is 0 Å². The van der Waals surface area contributed by atoms with Gasteiger partial charge in [0.15, 0.2) is 0 Å². The Morgan fingerprint density at radius 2 is 1.75 bits per heavy atom. The quantitative estimate of drug-likeness (QED) is 0.363. The van der Waals surface area contributed by atoms with Gasteiger partial charge in [0.1, 0.15) is 0 Å². The summed E-state index contributed by atoms with van der Waals surface area (Å²) in [4.78, 5) is 0. The van der Waals surface area contributed by atoms with Crippen LogP contribution >= 0.6 is 0 Å². The maximum Gasteiger partial charge on any atom is 0.0939 e. The Balaban J connectivity index is 2.71. The number of hydrogen-bond acceptors (Lipinski definition) is 2. The van der Waals surface area contributed by atoms with Gasteiger partial charge in [-0.1, -0.05) is 12.1 Å². The Hall–Kier alpha value is -1.22. The van der Waals surface area contributed by atoms with E-state index >= 15 is 0 Å². The molecular formula is C9H13N3+. The van der Waals surface area contributed by atoms with E-state index in [1.807, 2.05) is 45.4 Å². The summed E-state index contributed by atoms with van der Waals surface area (Å²) in [6.07, 6.45) is 0. The largest absolute Gasteiger partial charge is 0.186 e. The predicted octanol–water partition coefficient (Wildman–Crippen LogP) is 2.19. The van der Waals surface area contributed by atoms with Crippen LogP contribution in [0, 0.1) is 6.07 Å². The minimum absolute atomic E-state index is 0.485. The molecule has 0 fully saturated rings. The molecule has 63 valence electrons. The van der Waals surface area contributed by atoms with Gasteiger partial charge in [-0.15, -0.1) is 5.11 Å². The average Bonchev–Trinajstić information content (AvgIpc) is 2.02. The van der Waals surface area contributed by atoms with Crippen LogP contribution in [0.1, 0.15) is 0 Å². The van der Waals surface area contributed by atoms with Crippen molar-refractivity contribution in [1.29, 1.82) is 0 Å². The van der Waals surface area contributed by atoms with Crippen LogP contribution in [0.2, 0.25) is 0 Å². The SMILES string of the molecule is C[N+](C)(C)N=Nc1cc[c]cc1. The van der Waals surface area contributed by atoms with Crippen molar-refractivity contribution in [2.24, 2.45) is 10.3 Å². The molecule has 3 nitrogen and oxygen atoms in total. The van der Waals surface area contributed by atoms with Gasteiger partial charge in [0, 0.05) is 5.22 Å². The molecule has 0 spiro atoms. The van der Waals surface area contributed by atoms with E-state index < -0.39 is 0 Å². The van der Waals surface area contributed by atoms with Gasteiger partial charge in [0.05, 0.1) is 26.8 Å². The highest BCUT2D eigenvalue weighted by Crippen LogP contribution is 2.11. The van der Waals surface area contributed by atoms with Gasteiger partial charge in [-0.3, -0.25) is 0 Å². The maximum atomic E-state index is 4.08. The van der Waals surface area contributed by atoms with Gasteiger partial charge < -0.3 is 0 Å². The lowest BCUT2D eigenvalue weighted by Gasteiger charge is -2.11. The van der Waals surface area contributed by atoms with Crippen LogP contribution in [0.3, 0.4) is 0 Å². The normalized spacial score (nSPS) is 12.2. The first-order valence-corrected chi connectivity index (χ1v) is 3.79. The molecule has 0 aliphatic heterocycles. The molecule has 0 aromatic heterocycles. The van der Waals surface area contributed by atoms with Crippen molar-refractivity contribution in [1.82, 2.24) is 0 Å². The van der Waals surface area contributed by atoms with Crippen molar-refractivity contribution in [2.75, 3.05) is 21.1 Å². The lowest BCUT2D eigenvalue weighted by atomic mass is 10.3. The second kappa shape index (κ2) is 3.45. The molecule has 0 aliphatic rings. The fourth-order valence-corrected chi connectivity index (χ4v) is 0.631. The second-order valence-corrected chi connectivity index (χ2v) is 3.39. The summed E-state index contributed by atoms with van der Waals surface area (Å²) in [6, 6.07) is 10.3. The van der Waals surface area contributed by atoms with E-state index in [0.29, 0.717) is 4.59 Å². The van der Waals surface area contributed by atoms with E-state index in [1.165, 1.54) is 0 Å². The number of rotatable bonds is 2. The zero-order valence-corrected chi connectivity index (χ0v) is 7.65. The predicted molar refractivity (Wildman–Crippen MR) is 47.8 cm³/mol. The van der Waals surface area contributed by atoms with Crippen LogP contribution in [0.25, 0.3) is 0 Å². The van der Waals surface area contributed by atoms with Crippen molar-refractivity contribution in [2.45, 2.75) is 0 Å². The molecule has 1 radical (unpaired) electrons. The monoisotopic (exact) mass is 163 g/mol. The van der Waals surface area contributed by atoms with Crippen molar-refractivity contribution < 1.29 is 4.59 Å². The zero-order valence-electron chi connectivity index (χ0n) is 7.65. The van der Waals surface area contributed by atoms with Crippen LogP contribution in [0.4, 0.5) is 5.69 Å². The maximum absolute atomic E-state index is 4.08. The molecule has 0 amide bonds. The van der Waals surface area contributed by atoms with Crippen LogP contribution < -0.4 is 0 Å². The Morgan fingerprint density at radius 1 is 1.17 bits per heavy atom. The molecule has 1 aromatic rings. The Morgan fingerprint density at radius 3 is 2.25 bits per heavy atom. The van der Waals surface area contributed by atoms with Crippen LogP contribution in [-0.2, 0) is 0 Å². The second-order valence-electron chi connectivity index (χ2n) is 3.39. The first kappa shape index (κ1) is 8.87. The third-order valence-corrected chi connectivity index (χ3v) is 1.13. The summed E-state index contributed by atoms with van der Waals surface area (Å²) in [5, 5.41) is 8.13. The molecule has 0 aliphatic carbocycles. The van der Waals surface area contributed by atoms with E-state index in [1.54, 1.807) is 0 Å². The third-order valence-electron chi connectivity index (χ3n) is 1.13. The molecular weight excluding hydrogens is 150 g/mol.